The van der Waals surface area contributed by atoms with Gasteiger partial charge in [0.1, 0.15) is 5.82 Å². The third-order valence-corrected chi connectivity index (χ3v) is 4.66. The second kappa shape index (κ2) is 6.10. The summed E-state index contributed by atoms with van der Waals surface area (Å²) in [5.74, 6) is 0.660. The normalized spacial score (nSPS) is 28.0. The number of hydrogen-bond donors (Lipinski definition) is 1. The van der Waals surface area contributed by atoms with Crippen LogP contribution in [0.4, 0.5) is 10.1 Å². The number of piperazine rings is 1. The average Bonchev–Trinajstić information content (AvgIpc) is 2.86. The molecule has 110 valence electrons. The summed E-state index contributed by atoms with van der Waals surface area (Å²) in [7, 11) is 0. The third kappa shape index (κ3) is 3.13. The molecule has 3 rings (SSSR count). The van der Waals surface area contributed by atoms with E-state index in [0.717, 1.165) is 37.8 Å². The predicted octanol–water partition coefficient (Wildman–Crippen LogP) is 2.08. The van der Waals surface area contributed by atoms with Crippen molar-refractivity contribution < 1.29 is 4.39 Å². The van der Waals surface area contributed by atoms with Gasteiger partial charge in [-0.2, -0.15) is 0 Å². The molecule has 1 aromatic carbocycles. The maximum atomic E-state index is 13.8. The third-order valence-electron chi connectivity index (χ3n) is 4.66. The van der Waals surface area contributed by atoms with E-state index in [4.69, 9.17) is 5.73 Å². The minimum absolute atomic E-state index is 0.109. The zero-order valence-electron chi connectivity index (χ0n) is 12.0. The molecule has 3 nitrogen and oxygen atoms in total. The molecule has 2 N–H and O–H groups in total. The fourth-order valence-electron chi connectivity index (χ4n) is 3.52. The van der Waals surface area contributed by atoms with Gasteiger partial charge in [-0.3, -0.25) is 4.90 Å². The van der Waals surface area contributed by atoms with Crippen LogP contribution in [0.2, 0.25) is 0 Å². The van der Waals surface area contributed by atoms with E-state index in [-0.39, 0.29) is 5.82 Å². The molecule has 2 atom stereocenters. The van der Waals surface area contributed by atoms with Gasteiger partial charge in [-0.1, -0.05) is 12.1 Å². The van der Waals surface area contributed by atoms with Gasteiger partial charge >= 0.3 is 0 Å². The first-order chi connectivity index (χ1) is 9.72. The quantitative estimate of drug-likeness (QED) is 0.918. The summed E-state index contributed by atoms with van der Waals surface area (Å²) < 4.78 is 13.8. The summed E-state index contributed by atoms with van der Waals surface area (Å²) >= 11 is 0. The van der Waals surface area contributed by atoms with Crippen molar-refractivity contribution in [1.82, 2.24) is 4.90 Å². The van der Waals surface area contributed by atoms with Crippen molar-refractivity contribution in [3.63, 3.8) is 0 Å². The average molecular weight is 277 g/mol. The van der Waals surface area contributed by atoms with Crippen LogP contribution in [0.25, 0.3) is 0 Å². The summed E-state index contributed by atoms with van der Waals surface area (Å²) in [4.78, 5) is 4.67. The fourth-order valence-corrected chi connectivity index (χ4v) is 3.52. The number of hydrogen-bond acceptors (Lipinski definition) is 3. The summed E-state index contributed by atoms with van der Waals surface area (Å²) in [5.41, 5.74) is 6.72. The van der Waals surface area contributed by atoms with E-state index >= 15 is 0 Å². The van der Waals surface area contributed by atoms with Crippen LogP contribution in [-0.2, 0) is 0 Å². The highest BCUT2D eigenvalue weighted by atomic mass is 19.1. The number of anilines is 1. The van der Waals surface area contributed by atoms with Gasteiger partial charge in [0, 0.05) is 38.8 Å². The zero-order valence-corrected chi connectivity index (χ0v) is 12.0. The molecule has 1 saturated heterocycles. The summed E-state index contributed by atoms with van der Waals surface area (Å²) in [5, 5.41) is 0. The van der Waals surface area contributed by atoms with Crippen molar-refractivity contribution in [1.29, 1.82) is 0 Å². The van der Waals surface area contributed by atoms with E-state index in [1.54, 1.807) is 12.1 Å². The van der Waals surface area contributed by atoms with Crippen LogP contribution in [0.1, 0.15) is 19.3 Å². The minimum atomic E-state index is -0.109. The van der Waals surface area contributed by atoms with Gasteiger partial charge in [0.2, 0.25) is 0 Å². The van der Waals surface area contributed by atoms with Crippen LogP contribution in [0, 0.1) is 11.7 Å². The molecule has 1 aliphatic carbocycles. The van der Waals surface area contributed by atoms with Gasteiger partial charge in [0.25, 0.3) is 0 Å². The second-order valence-electron chi connectivity index (χ2n) is 6.18. The number of halogens is 1. The topological polar surface area (TPSA) is 32.5 Å². The lowest BCUT2D eigenvalue weighted by Crippen LogP contribution is -2.48. The van der Waals surface area contributed by atoms with Crippen LogP contribution in [0.15, 0.2) is 24.3 Å². The van der Waals surface area contributed by atoms with Crippen LogP contribution in [0.5, 0.6) is 0 Å². The Labute approximate surface area is 120 Å². The molecule has 20 heavy (non-hydrogen) atoms. The van der Waals surface area contributed by atoms with E-state index in [2.05, 4.69) is 9.80 Å². The van der Waals surface area contributed by atoms with Crippen molar-refractivity contribution in [3.8, 4) is 0 Å². The van der Waals surface area contributed by atoms with Gasteiger partial charge in [0.15, 0.2) is 0 Å². The van der Waals surface area contributed by atoms with Crippen molar-refractivity contribution >= 4 is 5.69 Å². The molecule has 0 aromatic heterocycles. The Kier molecular flexibility index (Phi) is 4.22. The Hall–Kier alpha value is -1.13. The highest BCUT2D eigenvalue weighted by Gasteiger charge is 2.26. The molecule has 2 fully saturated rings. The molecule has 2 unspecified atom stereocenters. The molecule has 1 aliphatic heterocycles. The Morgan fingerprint density at radius 2 is 1.85 bits per heavy atom. The highest BCUT2D eigenvalue weighted by Crippen LogP contribution is 2.26. The maximum absolute atomic E-state index is 13.8. The van der Waals surface area contributed by atoms with Gasteiger partial charge in [0.05, 0.1) is 5.69 Å². The van der Waals surface area contributed by atoms with Gasteiger partial charge in [-0.15, -0.1) is 0 Å². The lowest BCUT2D eigenvalue weighted by molar-refractivity contribution is 0.218. The number of benzene rings is 1. The van der Waals surface area contributed by atoms with E-state index in [0.29, 0.717) is 6.04 Å². The monoisotopic (exact) mass is 277 g/mol. The predicted molar refractivity (Wildman–Crippen MR) is 80.4 cm³/mol. The van der Waals surface area contributed by atoms with Gasteiger partial charge in [-0.25, -0.2) is 4.39 Å². The van der Waals surface area contributed by atoms with Crippen molar-refractivity contribution in [2.45, 2.75) is 25.3 Å². The van der Waals surface area contributed by atoms with Crippen LogP contribution in [-0.4, -0.2) is 43.7 Å². The molecule has 4 heteroatoms. The number of nitrogens with two attached hydrogens (primary N) is 1. The van der Waals surface area contributed by atoms with Crippen LogP contribution < -0.4 is 10.6 Å². The van der Waals surface area contributed by atoms with Crippen molar-refractivity contribution in [3.05, 3.63) is 30.1 Å². The largest absolute Gasteiger partial charge is 0.367 e. The summed E-state index contributed by atoms with van der Waals surface area (Å²) in [6.07, 6.45) is 3.63. The van der Waals surface area contributed by atoms with E-state index in [1.165, 1.54) is 25.8 Å². The standard InChI is InChI=1S/C16H24FN3/c17-15-3-1-2-4-16(15)20-9-7-19(8-10-20)12-13-5-6-14(18)11-13/h1-4,13-14H,5-12,18H2. The van der Waals surface area contributed by atoms with E-state index in [1.807, 2.05) is 12.1 Å². The molecule has 0 radical (unpaired) electrons. The molecular formula is C16H24FN3. The SMILES string of the molecule is NC1CCC(CN2CCN(c3ccccc3F)CC2)C1. The molecule has 0 spiro atoms. The number of rotatable bonds is 3. The zero-order chi connectivity index (χ0) is 13.9. The number of para-hydroxylation sites is 1. The Balaban J connectivity index is 1.51. The fraction of sp³-hybridized carbons (Fsp3) is 0.625. The molecule has 1 saturated carbocycles. The van der Waals surface area contributed by atoms with E-state index < -0.39 is 0 Å². The molecule has 2 aliphatic rings. The Morgan fingerprint density at radius 1 is 1.10 bits per heavy atom. The second-order valence-corrected chi connectivity index (χ2v) is 6.18. The Bertz CT molecular complexity index is 443. The maximum Gasteiger partial charge on any atom is 0.146 e. The number of nitrogens with zero attached hydrogens (tertiary/aromatic N) is 2. The molecule has 1 heterocycles. The summed E-state index contributed by atoms with van der Waals surface area (Å²) in [6.45, 7) is 5.05. The molecular weight excluding hydrogens is 253 g/mol. The first kappa shape index (κ1) is 13.8. The van der Waals surface area contributed by atoms with E-state index in [9.17, 15) is 4.39 Å². The highest BCUT2D eigenvalue weighted by molar-refractivity contribution is 5.47. The smallest absolute Gasteiger partial charge is 0.146 e. The van der Waals surface area contributed by atoms with Crippen molar-refractivity contribution in [2.75, 3.05) is 37.6 Å². The van der Waals surface area contributed by atoms with Crippen molar-refractivity contribution in [2.24, 2.45) is 11.7 Å². The first-order valence-corrected chi connectivity index (χ1v) is 7.70. The molecule has 0 bridgehead atoms. The first-order valence-electron chi connectivity index (χ1n) is 7.70. The molecule has 0 amide bonds. The minimum Gasteiger partial charge on any atom is -0.367 e. The van der Waals surface area contributed by atoms with Crippen LogP contribution >= 0.6 is 0 Å². The lowest BCUT2D eigenvalue weighted by atomic mass is 10.1. The molecule has 1 aromatic rings. The van der Waals surface area contributed by atoms with Gasteiger partial charge < -0.3 is 10.6 Å². The van der Waals surface area contributed by atoms with Crippen LogP contribution in [0.3, 0.4) is 0 Å². The van der Waals surface area contributed by atoms with Gasteiger partial charge in [-0.05, 0) is 37.3 Å². The summed E-state index contributed by atoms with van der Waals surface area (Å²) in [6, 6.07) is 7.49. The Morgan fingerprint density at radius 3 is 2.50 bits per heavy atom. The lowest BCUT2D eigenvalue weighted by Gasteiger charge is -2.37.